The first-order chi connectivity index (χ1) is 14.4. The summed E-state index contributed by atoms with van der Waals surface area (Å²) in [6.45, 7) is 1.49. The van der Waals surface area contributed by atoms with Crippen molar-refractivity contribution in [2.24, 2.45) is 0 Å². The average molecular weight is 460 g/mol. The van der Waals surface area contributed by atoms with Crippen LogP contribution in [0.1, 0.15) is 23.0 Å². The first-order valence-corrected chi connectivity index (χ1v) is 11.2. The van der Waals surface area contributed by atoms with Crippen LogP contribution in [0.15, 0.2) is 58.3 Å². The van der Waals surface area contributed by atoms with Crippen LogP contribution in [0.3, 0.4) is 0 Å². The molecule has 0 bridgehead atoms. The number of carbonyl (C=O) groups excluding carboxylic acids is 3. The van der Waals surface area contributed by atoms with Gasteiger partial charge in [0, 0.05) is 27.3 Å². The first kappa shape index (κ1) is 22.0. The Bertz CT molecular complexity index is 1050. The Kier molecular flexibility index (Phi) is 7.62. The number of thiazole rings is 1. The number of benzene rings is 2. The number of hydrogen-bond donors (Lipinski definition) is 2. The van der Waals surface area contributed by atoms with Crippen molar-refractivity contribution in [3.8, 4) is 0 Å². The molecule has 0 spiro atoms. The van der Waals surface area contributed by atoms with Gasteiger partial charge >= 0.3 is 0 Å². The molecule has 0 aliphatic carbocycles. The van der Waals surface area contributed by atoms with Gasteiger partial charge in [0.1, 0.15) is 0 Å². The van der Waals surface area contributed by atoms with Crippen LogP contribution in [0.25, 0.3) is 0 Å². The van der Waals surface area contributed by atoms with E-state index in [1.807, 2.05) is 0 Å². The molecule has 1 heterocycles. The van der Waals surface area contributed by atoms with E-state index in [2.05, 4.69) is 15.6 Å². The van der Waals surface area contributed by atoms with E-state index in [0.717, 1.165) is 4.34 Å². The number of rotatable bonds is 8. The maximum absolute atomic E-state index is 12.2. The lowest BCUT2D eigenvalue weighted by Crippen LogP contribution is -2.15. The first-order valence-electron chi connectivity index (χ1n) is 8.92. The van der Waals surface area contributed by atoms with Crippen LogP contribution < -0.4 is 10.6 Å². The zero-order chi connectivity index (χ0) is 21.5. The number of nitrogens with zero attached hydrogens (tertiary/aromatic N) is 1. The van der Waals surface area contributed by atoms with E-state index in [9.17, 15) is 14.4 Å². The SMILES string of the molecule is CC(=O)c1ccc(NC(=O)Cc2csc(SCC(=O)Nc3ccc(Cl)cc3)n2)cc1. The maximum Gasteiger partial charge on any atom is 0.234 e. The van der Waals surface area contributed by atoms with Crippen LogP contribution in [0.2, 0.25) is 5.02 Å². The Morgan fingerprint density at radius 3 is 2.20 bits per heavy atom. The van der Waals surface area contributed by atoms with Crippen molar-refractivity contribution < 1.29 is 14.4 Å². The molecule has 0 aliphatic heterocycles. The quantitative estimate of drug-likeness (QED) is 0.369. The summed E-state index contributed by atoms with van der Waals surface area (Å²) < 4.78 is 0.717. The number of anilines is 2. The van der Waals surface area contributed by atoms with Crippen LogP contribution in [-0.4, -0.2) is 28.3 Å². The molecular formula is C21H18ClN3O3S2. The molecule has 2 aromatic carbocycles. The van der Waals surface area contributed by atoms with Crippen LogP contribution in [0, 0.1) is 0 Å². The van der Waals surface area contributed by atoms with E-state index in [-0.39, 0.29) is 29.8 Å². The van der Waals surface area contributed by atoms with Gasteiger partial charge < -0.3 is 10.6 Å². The predicted octanol–water partition coefficient (Wildman–Crippen LogP) is 4.91. The Morgan fingerprint density at radius 2 is 1.57 bits per heavy atom. The molecule has 0 aliphatic rings. The smallest absolute Gasteiger partial charge is 0.234 e. The molecule has 30 heavy (non-hydrogen) atoms. The van der Waals surface area contributed by atoms with E-state index < -0.39 is 0 Å². The molecular weight excluding hydrogens is 442 g/mol. The number of halogens is 1. The van der Waals surface area contributed by atoms with Gasteiger partial charge in [-0.25, -0.2) is 4.98 Å². The molecule has 3 rings (SSSR count). The molecule has 0 atom stereocenters. The second-order valence-electron chi connectivity index (χ2n) is 6.31. The molecule has 1 aromatic heterocycles. The van der Waals surface area contributed by atoms with Gasteiger partial charge in [-0.05, 0) is 55.5 Å². The molecule has 0 saturated heterocycles. The zero-order valence-electron chi connectivity index (χ0n) is 16.0. The fraction of sp³-hybridized carbons (Fsp3) is 0.143. The number of hydrogen-bond acceptors (Lipinski definition) is 6. The monoisotopic (exact) mass is 459 g/mol. The van der Waals surface area contributed by atoms with Crippen LogP contribution >= 0.6 is 34.7 Å². The van der Waals surface area contributed by atoms with Crippen LogP contribution in [0.5, 0.6) is 0 Å². The van der Waals surface area contributed by atoms with Gasteiger partial charge in [0.05, 0.1) is 17.9 Å². The summed E-state index contributed by atoms with van der Waals surface area (Å²) in [6, 6.07) is 13.6. The van der Waals surface area contributed by atoms with Gasteiger partial charge in [-0.1, -0.05) is 23.4 Å². The molecule has 2 amide bonds. The standard InChI is InChI=1S/C21H18ClN3O3S2/c1-13(26)14-2-6-16(7-3-14)23-19(27)10-18-11-29-21(25-18)30-12-20(28)24-17-8-4-15(22)5-9-17/h2-9,11H,10,12H2,1H3,(H,23,27)(H,24,28). The molecule has 0 fully saturated rings. The van der Waals surface area contributed by atoms with Crippen molar-refractivity contribution in [3.63, 3.8) is 0 Å². The van der Waals surface area contributed by atoms with E-state index >= 15 is 0 Å². The van der Waals surface area contributed by atoms with Gasteiger partial charge in [-0.15, -0.1) is 11.3 Å². The summed E-state index contributed by atoms with van der Waals surface area (Å²) in [5, 5.41) is 7.98. The molecule has 0 saturated carbocycles. The van der Waals surface area contributed by atoms with Crippen LogP contribution in [0.4, 0.5) is 11.4 Å². The maximum atomic E-state index is 12.2. The van der Waals surface area contributed by atoms with Crippen molar-refractivity contribution >= 4 is 63.7 Å². The summed E-state index contributed by atoms with van der Waals surface area (Å²) >= 11 is 8.53. The Labute approximate surface area is 187 Å². The van der Waals surface area contributed by atoms with Gasteiger partial charge in [0.25, 0.3) is 0 Å². The second-order valence-corrected chi connectivity index (χ2v) is 8.82. The number of nitrogens with one attached hydrogen (secondary N) is 2. The predicted molar refractivity (Wildman–Crippen MR) is 122 cm³/mol. The van der Waals surface area contributed by atoms with Crippen molar-refractivity contribution in [1.82, 2.24) is 4.98 Å². The highest BCUT2D eigenvalue weighted by molar-refractivity contribution is 8.01. The van der Waals surface area contributed by atoms with Gasteiger partial charge in [-0.2, -0.15) is 0 Å². The molecule has 9 heteroatoms. The minimum Gasteiger partial charge on any atom is -0.326 e. The topological polar surface area (TPSA) is 88.2 Å². The molecule has 2 N–H and O–H groups in total. The summed E-state index contributed by atoms with van der Waals surface area (Å²) in [5.74, 6) is -0.162. The fourth-order valence-corrected chi connectivity index (χ4v) is 4.22. The Morgan fingerprint density at radius 1 is 0.967 bits per heavy atom. The van der Waals surface area contributed by atoms with E-state index in [4.69, 9.17) is 11.6 Å². The normalized spacial score (nSPS) is 10.5. The highest BCUT2D eigenvalue weighted by Gasteiger charge is 2.11. The van der Waals surface area contributed by atoms with Crippen LogP contribution in [-0.2, 0) is 16.0 Å². The fourth-order valence-electron chi connectivity index (χ4n) is 2.45. The Hall–Kier alpha value is -2.68. The average Bonchev–Trinajstić information content (AvgIpc) is 3.15. The third-order valence-electron chi connectivity index (χ3n) is 3.90. The van der Waals surface area contributed by atoms with E-state index in [0.29, 0.717) is 27.7 Å². The number of Topliss-reactive ketones (excluding diaryl/α,β-unsaturated/α-hetero) is 1. The van der Waals surface area contributed by atoms with E-state index in [1.165, 1.54) is 30.0 Å². The third-order valence-corrected chi connectivity index (χ3v) is 6.22. The zero-order valence-corrected chi connectivity index (χ0v) is 18.4. The lowest BCUT2D eigenvalue weighted by Gasteiger charge is -2.05. The van der Waals surface area contributed by atoms with Crippen molar-refractivity contribution in [1.29, 1.82) is 0 Å². The second kappa shape index (κ2) is 10.4. The number of aromatic nitrogens is 1. The van der Waals surface area contributed by atoms with Crippen molar-refractivity contribution in [2.75, 3.05) is 16.4 Å². The molecule has 0 unspecified atom stereocenters. The molecule has 0 radical (unpaired) electrons. The van der Waals surface area contributed by atoms with Crippen molar-refractivity contribution in [3.05, 3.63) is 70.2 Å². The van der Waals surface area contributed by atoms with Gasteiger partial charge in [0.15, 0.2) is 10.1 Å². The van der Waals surface area contributed by atoms with Gasteiger partial charge in [-0.3, -0.25) is 14.4 Å². The summed E-state index contributed by atoms with van der Waals surface area (Å²) in [6.07, 6.45) is 0.127. The van der Waals surface area contributed by atoms with Gasteiger partial charge in [0.2, 0.25) is 11.8 Å². The largest absolute Gasteiger partial charge is 0.326 e. The summed E-state index contributed by atoms with van der Waals surface area (Å²) in [7, 11) is 0. The van der Waals surface area contributed by atoms with E-state index in [1.54, 1.807) is 53.9 Å². The lowest BCUT2D eigenvalue weighted by atomic mass is 10.1. The minimum absolute atomic E-state index is 0.0257. The lowest BCUT2D eigenvalue weighted by molar-refractivity contribution is -0.116. The number of carbonyl (C=O) groups is 3. The molecule has 6 nitrogen and oxygen atoms in total. The third kappa shape index (κ3) is 6.69. The number of thioether (sulfide) groups is 1. The highest BCUT2D eigenvalue weighted by Crippen LogP contribution is 2.23. The minimum atomic E-state index is -0.201. The highest BCUT2D eigenvalue weighted by atomic mass is 35.5. The Balaban J connectivity index is 1.46. The molecule has 3 aromatic rings. The summed E-state index contributed by atoms with van der Waals surface area (Å²) in [4.78, 5) is 40.0. The van der Waals surface area contributed by atoms with Crippen molar-refractivity contribution in [2.45, 2.75) is 17.7 Å². The number of amides is 2. The number of ketones is 1. The summed E-state index contributed by atoms with van der Waals surface area (Å²) in [5.41, 5.74) is 2.53. The molecule has 154 valence electrons.